The molecule has 1 aromatic carbocycles. The van der Waals surface area contributed by atoms with E-state index in [0.29, 0.717) is 12.1 Å². The molecular weight excluding hydrogens is 250 g/mol. The number of nitrogens with one attached hydrogen (secondary N) is 1. The third-order valence-electron chi connectivity index (χ3n) is 2.78. The Labute approximate surface area is 114 Å². The minimum atomic E-state index is 0.507. The number of hydrogen-bond donors (Lipinski definition) is 1. The van der Waals surface area contributed by atoms with Crippen LogP contribution < -0.4 is 5.32 Å². The van der Waals surface area contributed by atoms with Crippen LogP contribution in [0, 0.1) is 0 Å². The van der Waals surface area contributed by atoms with Crippen molar-refractivity contribution >= 4 is 23.4 Å². The van der Waals surface area contributed by atoms with Crippen LogP contribution in [0.5, 0.6) is 0 Å². The van der Waals surface area contributed by atoms with Gasteiger partial charge in [-0.15, -0.1) is 0 Å². The van der Waals surface area contributed by atoms with Gasteiger partial charge in [0.2, 0.25) is 0 Å². The number of thioether (sulfide) groups is 1. The molecule has 17 heavy (non-hydrogen) atoms. The Morgan fingerprint density at radius 1 is 1.18 bits per heavy atom. The van der Waals surface area contributed by atoms with Gasteiger partial charge in [-0.1, -0.05) is 23.7 Å². The Morgan fingerprint density at radius 2 is 1.82 bits per heavy atom. The van der Waals surface area contributed by atoms with Gasteiger partial charge in [-0.3, -0.25) is 0 Å². The highest BCUT2D eigenvalue weighted by molar-refractivity contribution is 7.98. The fraction of sp³-hybridized carbons (Fsp3) is 0.571. The summed E-state index contributed by atoms with van der Waals surface area (Å²) in [5.74, 6) is 1.22. The predicted molar refractivity (Wildman–Crippen MR) is 80.2 cm³/mol. The van der Waals surface area contributed by atoms with Crippen LogP contribution in [-0.2, 0) is 6.42 Å². The van der Waals surface area contributed by atoms with Gasteiger partial charge >= 0.3 is 0 Å². The van der Waals surface area contributed by atoms with Gasteiger partial charge in [0, 0.05) is 17.1 Å². The van der Waals surface area contributed by atoms with E-state index in [-0.39, 0.29) is 0 Å². The van der Waals surface area contributed by atoms with E-state index < -0.39 is 0 Å². The molecule has 2 atom stereocenters. The van der Waals surface area contributed by atoms with Gasteiger partial charge < -0.3 is 5.32 Å². The first kappa shape index (κ1) is 14.9. The molecule has 0 spiro atoms. The summed E-state index contributed by atoms with van der Waals surface area (Å²) in [6.07, 6.45) is 4.44. The molecule has 3 heteroatoms. The second-order valence-corrected chi connectivity index (χ2v) is 6.00. The van der Waals surface area contributed by atoms with Gasteiger partial charge in [0.15, 0.2) is 0 Å². The van der Waals surface area contributed by atoms with Crippen LogP contribution in [0.15, 0.2) is 24.3 Å². The molecular formula is C14H22ClNS. The topological polar surface area (TPSA) is 12.0 Å². The summed E-state index contributed by atoms with van der Waals surface area (Å²) in [7, 11) is 0. The average molecular weight is 272 g/mol. The molecule has 0 amide bonds. The van der Waals surface area contributed by atoms with Crippen LogP contribution >= 0.6 is 23.4 Å². The molecule has 0 aliphatic heterocycles. The maximum atomic E-state index is 5.87. The Kier molecular flexibility index (Phi) is 7.02. The fourth-order valence-corrected chi connectivity index (χ4v) is 2.61. The smallest absolute Gasteiger partial charge is 0.0406 e. The molecule has 1 rings (SSSR count). The van der Waals surface area contributed by atoms with E-state index in [1.54, 1.807) is 0 Å². The molecule has 1 N–H and O–H groups in total. The van der Waals surface area contributed by atoms with Crippen LogP contribution in [0.3, 0.4) is 0 Å². The van der Waals surface area contributed by atoms with Crippen molar-refractivity contribution in [3.8, 4) is 0 Å². The van der Waals surface area contributed by atoms with Gasteiger partial charge in [-0.2, -0.15) is 11.8 Å². The molecule has 0 bridgehead atoms. The lowest BCUT2D eigenvalue weighted by molar-refractivity contribution is 0.457. The minimum Gasteiger partial charge on any atom is -0.311 e. The molecule has 0 aliphatic rings. The lowest BCUT2D eigenvalue weighted by atomic mass is 10.1. The number of hydrogen-bond acceptors (Lipinski definition) is 2. The van der Waals surface area contributed by atoms with Crippen LogP contribution in [-0.4, -0.2) is 24.1 Å². The normalized spacial score (nSPS) is 14.6. The van der Waals surface area contributed by atoms with Crippen LogP contribution in [0.1, 0.15) is 25.8 Å². The van der Waals surface area contributed by atoms with E-state index in [1.807, 2.05) is 23.9 Å². The van der Waals surface area contributed by atoms with Crippen molar-refractivity contribution in [2.24, 2.45) is 0 Å². The molecule has 0 fully saturated rings. The molecule has 96 valence electrons. The van der Waals surface area contributed by atoms with Gasteiger partial charge in [-0.05, 0) is 56.4 Å². The summed E-state index contributed by atoms with van der Waals surface area (Å²) in [6, 6.07) is 9.22. The Balaban J connectivity index is 2.33. The maximum absolute atomic E-state index is 5.87. The molecule has 0 saturated carbocycles. The first-order valence-corrected chi connectivity index (χ1v) is 7.88. The molecule has 0 heterocycles. The third kappa shape index (κ3) is 6.35. The fourth-order valence-electron chi connectivity index (χ4n) is 1.90. The SMILES string of the molecule is CSCCC(C)NC(C)Cc1ccc(Cl)cc1. The summed E-state index contributed by atoms with van der Waals surface area (Å²) < 4.78 is 0. The summed E-state index contributed by atoms with van der Waals surface area (Å²) in [4.78, 5) is 0. The average Bonchev–Trinajstić information content (AvgIpc) is 2.29. The molecule has 1 aromatic rings. The number of rotatable bonds is 7. The quantitative estimate of drug-likeness (QED) is 0.804. The third-order valence-corrected chi connectivity index (χ3v) is 3.68. The summed E-state index contributed by atoms with van der Waals surface area (Å²) in [5.41, 5.74) is 1.34. The van der Waals surface area contributed by atoms with E-state index in [0.717, 1.165) is 11.4 Å². The summed E-state index contributed by atoms with van der Waals surface area (Å²) in [5, 5.41) is 4.44. The Morgan fingerprint density at radius 3 is 2.41 bits per heavy atom. The van der Waals surface area contributed by atoms with Crippen LogP contribution in [0.2, 0.25) is 5.02 Å². The van der Waals surface area contributed by atoms with Gasteiger partial charge in [0.25, 0.3) is 0 Å². The van der Waals surface area contributed by atoms with Crippen molar-refractivity contribution in [2.75, 3.05) is 12.0 Å². The lowest BCUT2D eigenvalue weighted by Gasteiger charge is -2.19. The van der Waals surface area contributed by atoms with Crippen molar-refractivity contribution < 1.29 is 0 Å². The highest BCUT2D eigenvalue weighted by Crippen LogP contribution is 2.11. The molecule has 0 aromatic heterocycles. The van der Waals surface area contributed by atoms with Gasteiger partial charge in [0.1, 0.15) is 0 Å². The highest BCUT2D eigenvalue weighted by Gasteiger charge is 2.07. The number of halogens is 1. The summed E-state index contributed by atoms with van der Waals surface area (Å²) in [6.45, 7) is 4.50. The zero-order valence-corrected chi connectivity index (χ0v) is 12.4. The van der Waals surface area contributed by atoms with Gasteiger partial charge in [-0.25, -0.2) is 0 Å². The summed E-state index contributed by atoms with van der Waals surface area (Å²) >= 11 is 7.78. The second-order valence-electron chi connectivity index (χ2n) is 4.58. The van der Waals surface area contributed by atoms with E-state index >= 15 is 0 Å². The Hall–Kier alpha value is -0.180. The first-order chi connectivity index (χ1) is 8.11. The standard InChI is InChI=1S/C14H22ClNS/c1-11(8-9-17-3)16-12(2)10-13-4-6-14(15)7-5-13/h4-7,11-12,16H,8-10H2,1-3H3. The molecule has 1 nitrogen and oxygen atoms in total. The van der Waals surface area contributed by atoms with E-state index in [9.17, 15) is 0 Å². The van der Waals surface area contributed by atoms with E-state index in [2.05, 4.69) is 37.6 Å². The minimum absolute atomic E-state index is 0.507. The van der Waals surface area contributed by atoms with Crippen LogP contribution in [0.4, 0.5) is 0 Å². The molecule has 0 radical (unpaired) electrons. The van der Waals surface area contributed by atoms with Crippen LogP contribution in [0.25, 0.3) is 0 Å². The second kappa shape index (κ2) is 8.02. The maximum Gasteiger partial charge on any atom is 0.0406 e. The Bertz CT molecular complexity index is 313. The van der Waals surface area contributed by atoms with Gasteiger partial charge in [0.05, 0.1) is 0 Å². The zero-order chi connectivity index (χ0) is 12.7. The van der Waals surface area contributed by atoms with E-state index in [1.165, 1.54) is 17.7 Å². The van der Waals surface area contributed by atoms with E-state index in [4.69, 9.17) is 11.6 Å². The first-order valence-electron chi connectivity index (χ1n) is 6.11. The van der Waals surface area contributed by atoms with Crippen molar-refractivity contribution in [1.29, 1.82) is 0 Å². The number of benzene rings is 1. The highest BCUT2D eigenvalue weighted by atomic mass is 35.5. The zero-order valence-electron chi connectivity index (χ0n) is 10.9. The molecule has 2 unspecified atom stereocenters. The van der Waals surface area contributed by atoms with Crippen molar-refractivity contribution in [3.63, 3.8) is 0 Å². The molecule has 0 aliphatic carbocycles. The lowest BCUT2D eigenvalue weighted by Crippen LogP contribution is -2.36. The molecule has 0 saturated heterocycles. The van der Waals surface area contributed by atoms with Crippen molar-refractivity contribution in [3.05, 3.63) is 34.9 Å². The predicted octanol–water partition coefficient (Wildman–Crippen LogP) is 4.00. The van der Waals surface area contributed by atoms with Crippen molar-refractivity contribution in [1.82, 2.24) is 5.32 Å². The largest absolute Gasteiger partial charge is 0.311 e. The van der Waals surface area contributed by atoms with Crippen molar-refractivity contribution in [2.45, 2.75) is 38.8 Å². The monoisotopic (exact) mass is 271 g/mol.